The minimum absolute atomic E-state index is 0.481. The fraction of sp³-hybridized carbons (Fsp3) is 0.556. The van der Waals surface area contributed by atoms with E-state index in [1.807, 2.05) is 11.3 Å². The van der Waals surface area contributed by atoms with Crippen molar-refractivity contribution in [3.63, 3.8) is 0 Å². The predicted molar refractivity (Wildman–Crippen MR) is 89.6 cm³/mol. The molecule has 2 atom stereocenters. The molecule has 0 spiro atoms. The standard InChI is InChI=1S/C18H25NS/c1-3-10-19-15-8-9-18(2,12-15)11-14-13-20-17-7-5-4-6-16(14)17/h4-7,13,15,19H,3,8-12H2,1-2H3. The Morgan fingerprint density at radius 1 is 1.35 bits per heavy atom. The van der Waals surface area contributed by atoms with Crippen LogP contribution in [-0.2, 0) is 6.42 Å². The van der Waals surface area contributed by atoms with Gasteiger partial charge in [0.15, 0.2) is 0 Å². The second kappa shape index (κ2) is 5.87. The van der Waals surface area contributed by atoms with E-state index in [4.69, 9.17) is 0 Å². The molecule has 0 aliphatic heterocycles. The zero-order valence-electron chi connectivity index (χ0n) is 12.6. The van der Waals surface area contributed by atoms with Crippen molar-refractivity contribution < 1.29 is 0 Å². The van der Waals surface area contributed by atoms with Crippen molar-refractivity contribution in [3.8, 4) is 0 Å². The van der Waals surface area contributed by atoms with Crippen LogP contribution < -0.4 is 5.32 Å². The molecule has 1 saturated carbocycles. The molecular formula is C18H25NS. The molecule has 0 bridgehead atoms. The molecule has 1 fully saturated rings. The molecule has 2 aromatic rings. The van der Waals surface area contributed by atoms with Crippen molar-refractivity contribution in [2.45, 2.75) is 52.0 Å². The molecular weight excluding hydrogens is 262 g/mol. The van der Waals surface area contributed by atoms with Gasteiger partial charge in [-0.05, 0) is 66.5 Å². The van der Waals surface area contributed by atoms with Gasteiger partial charge in [-0.1, -0.05) is 32.0 Å². The lowest BCUT2D eigenvalue weighted by Gasteiger charge is -2.24. The average Bonchev–Trinajstić information content (AvgIpc) is 3.02. The second-order valence-electron chi connectivity index (χ2n) is 6.64. The first-order valence-corrected chi connectivity index (χ1v) is 8.77. The Morgan fingerprint density at radius 2 is 2.20 bits per heavy atom. The van der Waals surface area contributed by atoms with Gasteiger partial charge < -0.3 is 5.32 Å². The first-order chi connectivity index (χ1) is 9.70. The van der Waals surface area contributed by atoms with Gasteiger partial charge in [0, 0.05) is 10.7 Å². The Labute approximate surface area is 126 Å². The highest BCUT2D eigenvalue weighted by Gasteiger charge is 2.35. The van der Waals surface area contributed by atoms with Crippen molar-refractivity contribution >= 4 is 21.4 Å². The maximum absolute atomic E-state index is 3.71. The van der Waals surface area contributed by atoms with Crippen LogP contribution in [0.2, 0.25) is 0 Å². The number of rotatable bonds is 5. The van der Waals surface area contributed by atoms with Crippen LogP contribution >= 0.6 is 11.3 Å². The molecule has 0 radical (unpaired) electrons. The molecule has 3 rings (SSSR count). The second-order valence-corrected chi connectivity index (χ2v) is 7.55. The monoisotopic (exact) mass is 287 g/mol. The third-order valence-corrected chi connectivity index (χ3v) is 5.71. The summed E-state index contributed by atoms with van der Waals surface area (Å²) in [5.41, 5.74) is 2.04. The SMILES string of the molecule is CCCNC1CCC(C)(Cc2csc3ccccc23)C1. The maximum Gasteiger partial charge on any atom is 0.0345 e. The molecule has 1 aliphatic rings. The van der Waals surface area contributed by atoms with Crippen LogP contribution in [0, 0.1) is 5.41 Å². The molecule has 1 N–H and O–H groups in total. The van der Waals surface area contributed by atoms with Crippen LogP contribution in [0.15, 0.2) is 29.6 Å². The van der Waals surface area contributed by atoms with Crippen molar-refractivity contribution in [2.24, 2.45) is 5.41 Å². The number of nitrogens with one attached hydrogen (secondary N) is 1. The highest BCUT2D eigenvalue weighted by Crippen LogP contribution is 2.42. The average molecular weight is 287 g/mol. The Bertz CT molecular complexity index is 574. The largest absolute Gasteiger partial charge is 0.314 e. The van der Waals surface area contributed by atoms with Crippen molar-refractivity contribution in [1.82, 2.24) is 5.32 Å². The van der Waals surface area contributed by atoms with Gasteiger partial charge in [0.05, 0.1) is 0 Å². The predicted octanol–water partition coefficient (Wildman–Crippen LogP) is 5.00. The summed E-state index contributed by atoms with van der Waals surface area (Å²) in [5.74, 6) is 0. The van der Waals surface area contributed by atoms with E-state index in [1.54, 1.807) is 5.56 Å². The lowest BCUT2D eigenvalue weighted by molar-refractivity contribution is 0.323. The Kier molecular flexibility index (Phi) is 4.13. The maximum atomic E-state index is 3.71. The molecule has 20 heavy (non-hydrogen) atoms. The van der Waals surface area contributed by atoms with Crippen LogP contribution in [0.5, 0.6) is 0 Å². The quantitative estimate of drug-likeness (QED) is 0.816. The van der Waals surface area contributed by atoms with E-state index >= 15 is 0 Å². The minimum Gasteiger partial charge on any atom is -0.314 e. The molecule has 2 heteroatoms. The normalized spacial score (nSPS) is 26.4. The van der Waals surface area contributed by atoms with Gasteiger partial charge in [0.1, 0.15) is 0 Å². The van der Waals surface area contributed by atoms with Gasteiger partial charge in [0.2, 0.25) is 0 Å². The molecule has 1 aliphatic carbocycles. The molecule has 1 aromatic carbocycles. The topological polar surface area (TPSA) is 12.0 Å². The van der Waals surface area contributed by atoms with E-state index in [9.17, 15) is 0 Å². The number of benzene rings is 1. The fourth-order valence-electron chi connectivity index (χ4n) is 3.63. The highest BCUT2D eigenvalue weighted by molar-refractivity contribution is 7.17. The number of hydrogen-bond acceptors (Lipinski definition) is 2. The molecule has 0 amide bonds. The van der Waals surface area contributed by atoms with Gasteiger partial charge in [-0.2, -0.15) is 0 Å². The first-order valence-electron chi connectivity index (χ1n) is 7.89. The Morgan fingerprint density at radius 3 is 3.05 bits per heavy atom. The summed E-state index contributed by atoms with van der Waals surface area (Å²) in [6.45, 7) is 5.90. The van der Waals surface area contributed by atoms with Crippen LogP contribution in [0.25, 0.3) is 10.1 Å². The van der Waals surface area contributed by atoms with Crippen LogP contribution in [0.3, 0.4) is 0 Å². The molecule has 1 heterocycles. The number of fused-ring (bicyclic) bond motifs is 1. The van der Waals surface area contributed by atoms with Crippen molar-refractivity contribution in [1.29, 1.82) is 0 Å². The summed E-state index contributed by atoms with van der Waals surface area (Å²) in [5, 5.41) is 7.56. The molecule has 108 valence electrons. The minimum atomic E-state index is 0.481. The summed E-state index contributed by atoms with van der Waals surface area (Å²) < 4.78 is 1.43. The van der Waals surface area contributed by atoms with Gasteiger partial charge in [-0.3, -0.25) is 0 Å². The Balaban J connectivity index is 1.71. The highest BCUT2D eigenvalue weighted by atomic mass is 32.1. The van der Waals surface area contributed by atoms with Crippen molar-refractivity contribution in [2.75, 3.05) is 6.54 Å². The molecule has 1 aromatic heterocycles. The zero-order chi connectivity index (χ0) is 14.0. The van der Waals surface area contributed by atoms with Crippen LogP contribution in [0.1, 0.15) is 45.1 Å². The van der Waals surface area contributed by atoms with Gasteiger partial charge in [-0.15, -0.1) is 11.3 Å². The molecule has 1 nitrogen and oxygen atoms in total. The smallest absolute Gasteiger partial charge is 0.0345 e. The van der Waals surface area contributed by atoms with Crippen LogP contribution in [-0.4, -0.2) is 12.6 Å². The fourth-order valence-corrected chi connectivity index (χ4v) is 4.60. The first kappa shape index (κ1) is 14.1. The van der Waals surface area contributed by atoms with Crippen LogP contribution in [0.4, 0.5) is 0 Å². The van der Waals surface area contributed by atoms with E-state index in [-0.39, 0.29) is 0 Å². The summed E-state index contributed by atoms with van der Waals surface area (Å²) in [7, 11) is 0. The lowest BCUT2D eigenvalue weighted by Crippen LogP contribution is -2.28. The van der Waals surface area contributed by atoms with Gasteiger partial charge in [0.25, 0.3) is 0 Å². The third-order valence-electron chi connectivity index (χ3n) is 4.70. The summed E-state index contributed by atoms with van der Waals surface area (Å²) >= 11 is 1.90. The van der Waals surface area contributed by atoms with E-state index in [2.05, 4.69) is 48.8 Å². The number of thiophene rings is 1. The summed E-state index contributed by atoms with van der Waals surface area (Å²) in [6, 6.07) is 9.58. The van der Waals surface area contributed by atoms with Gasteiger partial charge >= 0.3 is 0 Å². The van der Waals surface area contributed by atoms with E-state index in [0.29, 0.717) is 5.41 Å². The van der Waals surface area contributed by atoms with E-state index < -0.39 is 0 Å². The lowest BCUT2D eigenvalue weighted by atomic mass is 9.82. The molecule has 2 unspecified atom stereocenters. The van der Waals surface area contributed by atoms with E-state index in [1.165, 1.54) is 48.7 Å². The summed E-state index contributed by atoms with van der Waals surface area (Å²) in [4.78, 5) is 0. The van der Waals surface area contributed by atoms with E-state index in [0.717, 1.165) is 6.04 Å². The summed E-state index contributed by atoms with van der Waals surface area (Å²) in [6.07, 6.45) is 6.51. The van der Waals surface area contributed by atoms with Gasteiger partial charge in [-0.25, -0.2) is 0 Å². The zero-order valence-corrected chi connectivity index (χ0v) is 13.4. The Hall–Kier alpha value is -0.860. The van der Waals surface area contributed by atoms with Crippen molar-refractivity contribution in [3.05, 3.63) is 35.2 Å². The molecule has 0 saturated heterocycles. The number of hydrogen-bond donors (Lipinski definition) is 1. The third kappa shape index (κ3) is 2.91.